The van der Waals surface area contributed by atoms with E-state index < -0.39 is 6.72 Å². The largest absolute Gasteiger partial charge is 0.325 e. The van der Waals surface area contributed by atoms with Crippen LogP contribution in [0.25, 0.3) is 0 Å². The van der Waals surface area contributed by atoms with Crippen LogP contribution in [0, 0.1) is 0 Å². The molecule has 0 aliphatic heterocycles. The van der Waals surface area contributed by atoms with Crippen LogP contribution in [-0.2, 0) is 30.1 Å². The normalized spacial score (nSPS) is 12.7. The smallest absolute Gasteiger partial charge is 0.319 e. The van der Waals surface area contributed by atoms with Crippen molar-refractivity contribution < 1.29 is 38.1 Å². The van der Waals surface area contributed by atoms with Gasteiger partial charge in [-0.2, -0.15) is 0 Å². The van der Waals surface area contributed by atoms with Crippen molar-refractivity contribution in [1.82, 2.24) is 0 Å². The number of unbranched alkanes of at least 4 members (excludes halogenated alkanes) is 12. The van der Waals surface area contributed by atoms with E-state index in [1.807, 2.05) is 0 Å². The van der Waals surface area contributed by atoms with Gasteiger partial charge in [-0.25, -0.2) is 0 Å². The molecule has 0 spiro atoms. The van der Waals surface area contributed by atoms with E-state index >= 15 is 0 Å². The van der Waals surface area contributed by atoms with Crippen LogP contribution in [0.3, 0.4) is 0 Å². The molecule has 0 bridgehead atoms. The monoisotopic (exact) mass is 419 g/mol. The Morgan fingerprint density at radius 3 is 1.26 bits per heavy atom. The minimum Gasteiger partial charge on any atom is -0.325 e. The summed E-state index contributed by atoms with van der Waals surface area (Å²) >= 11 is 4.64. The van der Waals surface area contributed by atoms with E-state index in [0.29, 0.717) is 0 Å². The van der Waals surface area contributed by atoms with Crippen LogP contribution < -0.4 is 0 Å². The minimum absolute atomic E-state index is 0.0257. The number of aliphatic hydroxyl groups is 1. The molecule has 0 fully saturated rings. The average molecular weight is 421 g/mol. The summed E-state index contributed by atoms with van der Waals surface area (Å²) in [5.41, 5.74) is 0. The average Bonchev–Trinajstić information content (AvgIpc) is 2.42. The first-order valence-corrected chi connectivity index (χ1v) is 13.4. The van der Waals surface area contributed by atoms with Crippen molar-refractivity contribution in [1.29, 1.82) is 0 Å². The second-order valence-electron chi connectivity index (χ2n) is 6.20. The molecular weight excluding hydrogens is 385 g/mol. The van der Waals surface area contributed by atoms with Crippen molar-refractivity contribution in [3.63, 3.8) is 0 Å². The summed E-state index contributed by atoms with van der Waals surface area (Å²) in [7, 11) is 0. The van der Waals surface area contributed by atoms with Crippen molar-refractivity contribution in [2.45, 2.75) is 102 Å². The van der Waals surface area contributed by atoms with E-state index in [1.165, 1.54) is 83.5 Å². The molecule has 0 rings (SSSR count). The van der Waals surface area contributed by atoms with Gasteiger partial charge in [-0.3, -0.25) is 0 Å². The van der Waals surface area contributed by atoms with E-state index in [2.05, 4.69) is 18.7 Å². The fourth-order valence-corrected chi connectivity index (χ4v) is 3.00. The van der Waals surface area contributed by atoms with Crippen molar-refractivity contribution >= 4 is 18.5 Å². The van der Waals surface area contributed by atoms with Gasteiger partial charge in [0.15, 0.2) is 0 Å². The van der Waals surface area contributed by atoms with Crippen LogP contribution in [0.5, 0.6) is 0 Å². The standard InChI is InChI=1S/C16H33O.H3O3PS.Zn/c1-2-3-4-5-6-7-8-9-10-11-12-13-14-15-16-17;1-4(2,3)5;/h16-17H,2-15H2,1H3;(H3,1,2,3,5);. The first-order valence-electron chi connectivity index (χ1n) is 9.06. The van der Waals surface area contributed by atoms with Gasteiger partial charge in [0.25, 0.3) is 0 Å². The van der Waals surface area contributed by atoms with Crippen LogP contribution >= 0.6 is 6.72 Å². The first-order chi connectivity index (χ1) is 10.8. The predicted octanol–water partition coefficient (Wildman–Crippen LogP) is 4.52. The number of hydrogen-bond donors (Lipinski definition) is 4. The maximum Gasteiger partial charge on any atom is 0.319 e. The van der Waals surface area contributed by atoms with Gasteiger partial charge in [0, 0.05) is 0 Å². The third-order valence-corrected chi connectivity index (χ3v) is 4.50. The molecule has 0 amide bonds. The summed E-state index contributed by atoms with van der Waals surface area (Å²) in [6.45, 7) is -1.52. The zero-order chi connectivity index (χ0) is 18.0. The Bertz CT molecular complexity index is 267. The quantitative estimate of drug-likeness (QED) is 0.189. The van der Waals surface area contributed by atoms with Crippen molar-refractivity contribution in [2.75, 3.05) is 0 Å². The summed E-state index contributed by atoms with van der Waals surface area (Å²) in [5, 5.41) is 9.19. The second kappa shape index (κ2) is 19.4. The van der Waals surface area contributed by atoms with Gasteiger partial charge < -0.3 is 14.7 Å². The number of aliphatic hydroxyl groups excluding tert-OH is 1. The van der Waals surface area contributed by atoms with Crippen LogP contribution in [0.2, 0.25) is 0 Å². The van der Waals surface area contributed by atoms with E-state index in [-0.39, 0.29) is 4.70 Å². The maximum atomic E-state index is 9.19. The third kappa shape index (κ3) is 39.7. The van der Waals surface area contributed by atoms with Gasteiger partial charge in [0.1, 0.15) is 0 Å². The molecular formula is C16H36O4PSZn. The predicted molar refractivity (Wildman–Crippen MR) is 97.3 cm³/mol. The Balaban J connectivity index is 0. The van der Waals surface area contributed by atoms with Crippen LogP contribution in [0.1, 0.15) is 96.8 Å². The van der Waals surface area contributed by atoms with Gasteiger partial charge in [-0.15, -0.1) is 0 Å². The molecule has 23 heavy (non-hydrogen) atoms. The molecule has 0 aromatic heterocycles. The zero-order valence-corrected chi connectivity index (χ0v) is 19.5. The molecule has 0 saturated carbocycles. The number of hydrogen-bond acceptors (Lipinski definition) is 2. The molecule has 0 aromatic rings. The molecule has 0 saturated heterocycles. The molecule has 0 aromatic carbocycles. The Morgan fingerprint density at radius 1 is 0.739 bits per heavy atom. The van der Waals surface area contributed by atoms with Crippen molar-refractivity contribution in [3.05, 3.63) is 0 Å². The van der Waals surface area contributed by atoms with E-state index in [4.69, 9.17) is 14.7 Å². The summed E-state index contributed by atoms with van der Waals surface area (Å²) < 4.78 is 0.0257. The van der Waals surface area contributed by atoms with Crippen molar-refractivity contribution in [3.8, 4) is 0 Å². The van der Waals surface area contributed by atoms with E-state index in [0.717, 1.165) is 24.7 Å². The molecule has 4 N–H and O–H groups in total. The van der Waals surface area contributed by atoms with E-state index in [9.17, 15) is 5.11 Å². The fraction of sp³-hybridized carbons (Fsp3) is 1.00. The molecule has 137 valence electrons. The SMILES string of the molecule is CCCCCCCCCCCCCCC[CH](O)[Zn].OP(O)(O)=S. The van der Waals surface area contributed by atoms with Gasteiger partial charge >= 0.3 is 105 Å². The second-order valence-corrected chi connectivity index (χ2v) is 10.7. The fourth-order valence-electron chi connectivity index (χ4n) is 2.40. The maximum absolute atomic E-state index is 9.19. The van der Waals surface area contributed by atoms with Gasteiger partial charge in [0.2, 0.25) is 0 Å². The molecule has 0 aliphatic carbocycles. The topological polar surface area (TPSA) is 80.9 Å². The van der Waals surface area contributed by atoms with Crippen LogP contribution in [0.15, 0.2) is 0 Å². The first kappa shape index (κ1) is 26.3. The van der Waals surface area contributed by atoms with Gasteiger partial charge in [-0.1, -0.05) is 26.2 Å². The van der Waals surface area contributed by atoms with E-state index in [1.54, 1.807) is 0 Å². The van der Waals surface area contributed by atoms with Crippen LogP contribution in [-0.4, -0.2) is 24.5 Å². The Hall–Kier alpha value is 1.11. The molecule has 0 radical (unpaired) electrons. The van der Waals surface area contributed by atoms with Gasteiger partial charge in [-0.05, 0) is 11.8 Å². The molecule has 0 heterocycles. The summed E-state index contributed by atoms with van der Waals surface area (Å²) in [6.07, 6.45) is 19.3. The molecule has 0 aliphatic rings. The van der Waals surface area contributed by atoms with Crippen molar-refractivity contribution in [2.24, 2.45) is 0 Å². The molecule has 7 heteroatoms. The Kier molecular flexibility index (Phi) is 22.3. The van der Waals surface area contributed by atoms with Crippen LogP contribution in [0.4, 0.5) is 0 Å². The Labute approximate surface area is 158 Å². The summed E-state index contributed by atoms with van der Waals surface area (Å²) in [5.74, 6) is 0. The zero-order valence-electron chi connectivity index (χ0n) is 14.8. The molecule has 1 unspecified atom stereocenters. The molecule has 1 atom stereocenters. The minimum atomic E-state index is -3.81. The molecule has 4 nitrogen and oxygen atoms in total. The Morgan fingerprint density at radius 2 is 1.00 bits per heavy atom. The number of rotatable bonds is 14. The third-order valence-electron chi connectivity index (χ3n) is 3.64. The summed E-state index contributed by atoms with van der Waals surface area (Å²) in [4.78, 5) is 22.7. The summed E-state index contributed by atoms with van der Waals surface area (Å²) in [6, 6.07) is 0. The van der Waals surface area contributed by atoms with Gasteiger partial charge in [0.05, 0.1) is 0 Å².